The maximum Gasteiger partial charge on any atom is 0.282 e. The Kier molecular flexibility index (Phi) is 3.79. The van der Waals surface area contributed by atoms with Gasteiger partial charge in [-0.05, 0) is 24.3 Å². The number of nitrogens with two attached hydrogens (primary N) is 1. The first kappa shape index (κ1) is 14.4. The molecule has 21 heavy (non-hydrogen) atoms. The van der Waals surface area contributed by atoms with Crippen molar-refractivity contribution in [1.82, 2.24) is 0 Å². The minimum atomic E-state index is -1.25. The number of nitrogens with one attached hydrogen (secondary N) is 1. The summed E-state index contributed by atoms with van der Waals surface area (Å²) >= 11 is 0. The number of anilines is 2. The summed E-state index contributed by atoms with van der Waals surface area (Å²) < 4.78 is 26.5. The number of benzene rings is 2. The molecule has 8 heteroatoms. The van der Waals surface area contributed by atoms with E-state index in [1.807, 2.05) is 0 Å². The molecular formula is C13H9F2N3O3. The van der Waals surface area contributed by atoms with Gasteiger partial charge in [-0.1, -0.05) is 6.07 Å². The molecule has 0 aliphatic carbocycles. The van der Waals surface area contributed by atoms with E-state index in [1.165, 1.54) is 12.1 Å². The van der Waals surface area contributed by atoms with E-state index < -0.39 is 33.8 Å². The molecule has 2 aromatic carbocycles. The van der Waals surface area contributed by atoms with Crippen LogP contribution in [-0.4, -0.2) is 10.8 Å². The zero-order valence-electron chi connectivity index (χ0n) is 10.5. The lowest BCUT2D eigenvalue weighted by molar-refractivity contribution is -0.385. The summed E-state index contributed by atoms with van der Waals surface area (Å²) in [6.07, 6.45) is 0. The van der Waals surface area contributed by atoms with Crippen molar-refractivity contribution >= 4 is 23.0 Å². The van der Waals surface area contributed by atoms with Crippen molar-refractivity contribution in [3.63, 3.8) is 0 Å². The SMILES string of the molecule is Nc1ccc([N+](=O)[O-])c(C(=O)Nc2cccc(F)c2F)c1. The van der Waals surface area contributed by atoms with Crippen molar-refractivity contribution < 1.29 is 18.5 Å². The van der Waals surface area contributed by atoms with Gasteiger partial charge in [0, 0.05) is 11.8 Å². The lowest BCUT2D eigenvalue weighted by atomic mass is 10.1. The van der Waals surface area contributed by atoms with E-state index in [-0.39, 0.29) is 11.3 Å². The van der Waals surface area contributed by atoms with E-state index in [1.54, 1.807) is 0 Å². The Morgan fingerprint density at radius 3 is 2.62 bits per heavy atom. The number of carbonyl (C=O) groups excluding carboxylic acids is 1. The van der Waals surface area contributed by atoms with Crippen molar-refractivity contribution in [3.8, 4) is 0 Å². The number of nitro groups is 1. The van der Waals surface area contributed by atoms with E-state index in [0.717, 1.165) is 24.3 Å². The maximum absolute atomic E-state index is 13.5. The third kappa shape index (κ3) is 2.94. The Morgan fingerprint density at radius 2 is 1.95 bits per heavy atom. The van der Waals surface area contributed by atoms with Crippen molar-refractivity contribution in [2.45, 2.75) is 0 Å². The van der Waals surface area contributed by atoms with E-state index in [4.69, 9.17) is 5.73 Å². The third-order valence-corrected chi connectivity index (χ3v) is 2.66. The fraction of sp³-hybridized carbons (Fsp3) is 0. The second-order valence-electron chi connectivity index (χ2n) is 4.09. The van der Waals surface area contributed by atoms with Crippen molar-refractivity contribution in [1.29, 1.82) is 0 Å². The maximum atomic E-state index is 13.5. The first-order chi connectivity index (χ1) is 9.90. The van der Waals surface area contributed by atoms with Gasteiger partial charge in [-0.2, -0.15) is 0 Å². The smallest absolute Gasteiger partial charge is 0.282 e. The van der Waals surface area contributed by atoms with Crippen LogP contribution in [0.4, 0.5) is 25.8 Å². The summed E-state index contributed by atoms with van der Waals surface area (Å²) in [5.41, 5.74) is 4.36. The molecule has 1 amide bonds. The molecule has 0 aromatic heterocycles. The summed E-state index contributed by atoms with van der Waals surface area (Å²) in [6, 6.07) is 6.62. The van der Waals surface area contributed by atoms with Gasteiger partial charge in [0.2, 0.25) is 0 Å². The van der Waals surface area contributed by atoms with Gasteiger partial charge in [-0.3, -0.25) is 14.9 Å². The minimum absolute atomic E-state index is 0.130. The Hall–Kier alpha value is -3.03. The molecule has 2 rings (SSSR count). The molecule has 0 saturated heterocycles. The van der Waals surface area contributed by atoms with Crippen LogP contribution in [-0.2, 0) is 0 Å². The molecule has 2 aromatic rings. The Balaban J connectivity index is 2.39. The number of hydrogen-bond acceptors (Lipinski definition) is 4. The topological polar surface area (TPSA) is 98.3 Å². The van der Waals surface area contributed by atoms with Gasteiger partial charge in [0.25, 0.3) is 11.6 Å². The number of rotatable bonds is 3. The molecule has 0 bridgehead atoms. The van der Waals surface area contributed by atoms with Crippen molar-refractivity contribution in [2.24, 2.45) is 0 Å². The number of amides is 1. The zero-order chi connectivity index (χ0) is 15.6. The number of carbonyl (C=O) groups is 1. The largest absolute Gasteiger partial charge is 0.399 e. The molecule has 108 valence electrons. The number of halogens is 2. The second kappa shape index (κ2) is 5.53. The molecule has 3 N–H and O–H groups in total. The van der Waals surface area contributed by atoms with Crippen LogP contribution in [0.2, 0.25) is 0 Å². The summed E-state index contributed by atoms with van der Waals surface area (Å²) in [4.78, 5) is 22.1. The highest BCUT2D eigenvalue weighted by atomic mass is 19.2. The lowest BCUT2D eigenvalue weighted by Gasteiger charge is -2.07. The molecule has 0 atom stereocenters. The third-order valence-electron chi connectivity index (χ3n) is 2.66. The minimum Gasteiger partial charge on any atom is -0.399 e. The van der Waals surface area contributed by atoms with E-state index >= 15 is 0 Å². The van der Waals surface area contributed by atoms with E-state index in [0.29, 0.717) is 0 Å². The van der Waals surface area contributed by atoms with Crippen LogP contribution < -0.4 is 11.1 Å². The van der Waals surface area contributed by atoms with Crippen molar-refractivity contribution in [3.05, 3.63) is 63.7 Å². The standard InChI is InChI=1S/C13H9F2N3O3/c14-9-2-1-3-10(12(9)15)17-13(19)8-6-7(16)4-5-11(8)18(20)21/h1-6H,16H2,(H,17,19). The predicted octanol–water partition coefficient (Wildman–Crippen LogP) is 2.71. The molecule has 0 unspecified atom stereocenters. The average molecular weight is 293 g/mol. The fourth-order valence-electron chi connectivity index (χ4n) is 1.68. The van der Waals surface area contributed by atoms with Crippen LogP contribution in [0.5, 0.6) is 0 Å². The van der Waals surface area contributed by atoms with Gasteiger partial charge in [-0.25, -0.2) is 8.78 Å². The van der Waals surface area contributed by atoms with Crippen LogP contribution in [0.1, 0.15) is 10.4 Å². The lowest BCUT2D eigenvalue weighted by Crippen LogP contribution is -2.15. The summed E-state index contributed by atoms with van der Waals surface area (Å²) in [7, 11) is 0. The van der Waals surface area contributed by atoms with Crippen LogP contribution >= 0.6 is 0 Å². The van der Waals surface area contributed by atoms with Crippen LogP contribution in [0, 0.1) is 21.7 Å². The quantitative estimate of drug-likeness (QED) is 0.516. The molecule has 0 heterocycles. The normalized spacial score (nSPS) is 10.2. The summed E-state index contributed by atoms with van der Waals surface area (Å²) in [6.45, 7) is 0. The van der Waals surface area contributed by atoms with Gasteiger partial charge in [0.15, 0.2) is 11.6 Å². The molecule has 0 radical (unpaired) electrons. The highest BCUT2D eigenvalue weighted by molar-refractivity contribution is 6.07. The number of nitro benzene ring substituents is 1. The summed E-state index contributed by atoms with van der Waals surface area (Å²) in [5, 5.41) is 12.9. The van der Waals surface area contributed by atoms with Crippen LogP contribution in [0.15, 0.2) is 36.4 Å². The molecule has 0 aliphatic rings. The fourth-order valence-corrected chi connectivity index (χ4v) is 1.68. The van der Waals surface area contributed by atoms with Gasteiger partial charge < -0.3 is 11.1 Å². The molecular weight excluding hydrogens is 284 g/mol. The molecule has 6 nitrogen and oxygen atoms in total. The van der Waals surface area contributed by atoms with Crippen LogP contribution in [0.25, 0.3) is 0 Å². The Labute approximate surface area is 117 Å². The first-order valence-electron chi connectivity index (χ1n) is 5.69. The molecule has 0 saturated carbocycles. The van der Waals surface area contributed by atoms with Crippen molar-refractivity contribution in [2.75, 3.05) is 11.1 Å². The van der Waals surface area contributed by atoms with Gasteiger partial charge in [0.05, 0.1) is 10.6 Å². The monoisotopic (exact) mass is 293 g/mol. The predicted molar refractivity (Wildman–Crippen MR) is 71.8 cm³/mol. The van der Waals surface area contributed by atoms with Gasteiger partial charge in [-0.15, -0.1) is 0 Å². The van der Waals surface area contributed by atoms with Gasteiger partial charge >= 0.3 is 0 Å². The average Bonchev–Trinajstić information content (AvgIpc) is 2.43. The number of hydrogen-bond donors (Lipinski definition) is 2. The zero-order valence-corrected chi connectivity index (χ0v) is 10.5. The Morgan fingerprint density at radius 1 is 1.24 bits per heavy atom. The Bertz CT molecular complexity index is 735. The highest BCUT2D eigenvalue weighted by Crippen LogP contribution is 2.23. The second-order valence-corrected chi connectivity index (χ2v) is 4.09. The highest BCUT2D eigenvalue weighted by Gasteiger charge is 2.21. The number of nitrogen functional groups attached to an aromatic ring is 1. The molecule has 0 aliphatic heterocycles. The molecule has 0 fully saturated rings. The van der Waals surface area contributed by atoms with E-state index in [2.05, 4.69) is 5.32 Å². The molecule has 0 spiro atoms. The first-order valence-corrected chi connectivity index (χ1v) is 5.69. The van der Waals surface area contributed by atoms with E-state index in [9.17, 15) is 23.7 Å². The number of nitrogens with zero attached hydrogens (tertiary/aromatic N) is 1. The summed E-state index contributed by atoms with van der Waals surface area (Å²) in [5.74, 6) is -3.36. The van der Waals surface area contributed by atoms with Gasteiger partial charge in [0.1, 0.15) is 5.56 Å². The van der Waals surface area contributed by atoms with Crippen LogP contribution in [0.3, 0.4) is 0 Å².